The van der Waals surface area contributed by atoms with Gasteiger partial charge in [0, 0.05) is 24.2 Å². The molecule has 108 valence electrons. The van der Waals surface area contributed by atoms with Gasteiger partial charge in [-0.1, -0.05) is 13.8 Å². The third-order valence-corrected chi connectivity index (χ3v) is 4.69. The largest absolute Gasteiger partial charge is 0.325 e. The van der Waals surface area contributed by atoms with E-state index in [2.05, 4.69) is 45.1 Å². The fourth-order valence-electron chi connectivity index (χ4n) is 3.18. The van der Waals surface area contributed by atoms with E-state index in [1.807, 2.05) is 4.68 Å². The highest BCUT2D eigenvalue weighted by atomic mass is 15.3. The van der Waals surface area contributed by atoms with Gasteiger partial charge in [-0.25, -0.2) is 0 Å². The lowest BCUT2D eigenvalue weighted by Gasteiger charge is -2.38. The minimum Gasteiger partial charge on any atom is -0.325 e. The van der Waals surface area contributed by atoms with Gasteiger partial charge in [0.15, 0.2) is 0 Å². The Bertz CT molecular complexity index is 398. The maximum atomic E-state index is 6.59. The van der Waals surface area contributed by atoms with Crippen LogP contribution in [0, 0.1) is 11.8 Å². The Kier molecular flexibility index (Phi) is 4.34. The monoisotopic (exact) mass is 263 g/mol. The topological polar surface area (TPSA) is 43.8 Å². The van der Waals surface area contributed by atoms with Crippen molar-refractivity contribution in [3.63, 3.8) is 0 Å². The average molecular weight is 263 g/mol. The van der Waals surface area contributed by atoms with Gasteiger partial charge in [0.25, 0.3) is 0 Å². The Balaban J connectivity index is 1.95. The van der Waals surface area contributed by atoms with E-state index in [0.29, 0.717) is 6.04 Å². The van der Waals surface area contributed by atoms with Crippen LogP contribution in [0.25, 0.3) is 0 Å². The van der Waals surface area contributed by atoms with Gasteiger partial charge in [0.05, 0.1) is 5.69 Å². The Morgan fingerprint density at radius 2 is 1.95 bits per heavy atom. The van der Waals surface area contributed by atoms with E-state index in [-0.39, 0.29) is 5.54 Å². The molecular weight excluding hydrogens is 234 g/mol. The number of hydrogen-bond donors (Lipinski definition) is 1. The number of aromatic nitrogens is 2. The highest BCUT2D eigenvalue weighted by Crippen LogP contribution is 2.36. The summed E-state index contributed by atoms with van der Waals surface area (Å²) >= 11 is 0. The molecule has 1 aliphatic carbocycles. The molecule has 1 aliphatic rings. The first kappa shape index (κ1) is 14.6. The molecule has 3 nitrogen and oxygen atoms in total. The molecule has 2 N–H and O–H groups in total. The number of rotatable bonds is 4. The maximum Gasteiger partial charge on any atom is 0.0643 e. The van der Waals surface area contributed by atoms with Crippen molar-refractivity contribution in [2.45, 2.75) is 71.4 Å². The minimum atomic E-state index is -0.0262. The van der Waals surface area contributed by atoms with E-state index in [4.69, 9.17) is 5.73 Å². The normalized spacial score (nSPS) is 28.3. The Hall–Kier alpha value is -0.830. The zero-order valence-electron chi connectivity index (χ0n) is 12.9. The van der Waals surface area contributed by atoms with Crippen molar-refractivity contribution in [1.82, 2.24) is 9.78 Å². The van der Waals surface area contributed by atoms with Crippen LogP contribution in [0.2, 0.25) is 0 Å². The zero-order valence-corrected chi connectivity index (χ0v) is 12.9. The van der Waals surface area contributed by atoms with E-state index >= 15 is 0 Å². The number of nitrogens with zero attached hydrogens (tertiary/aromatic N) is 2. The van der Waals surface area contributed by atoms with Crippen molar-refractivity contribution in [2.24, 2.45) is 17.6 Å². The zero-order chi connectivity index (χ0) is 14.0. The Morgan fingerprint density at radius 1 is 1.32 bits per heavy atom. The van der Waals surface area contributed by atoms with E-state index in [1.165, 1.54) is 12.8 Å². The second-order valence-electron chi connectivity index (χ2n) is 7.00. The molecule has 0 amide bonds. The molecule has 0 aromatic carbocycles. The van der Waals surface area contributed by atoms with Crippen molar-refractivity contribution >= 4 is 0 Å². The number of nitrogens with two attached hydrogens (primary N) is 1. The second-order valence-corrected chi connectivity index (χ2v) is 7.00. The second kappa shape index (κ2) is 5.66. The molecule has 3 heteroatoms. The van der Waals surface area contributed by atoms with Crippen LogP contribution in [0.5, 0.6) is 0 Å². The third kappa shape index (κ3) is 3.59. The van der Waals surface area contributed by atoms with Crippen molar-refractivity contribution in [3.05, 3.63) is 18.0 Å². The molecule has 0 radical (unpaired) electrons. The summed E-state index contributed by atoms with van der Waals surface area (Å²) in [6.45, 7) is 8.97. The summed E-state index contributed by atoms with van der Waals surface area (Å²) in [5.74, 6) is 1.66. The average Bonchev–Trinajstić information content (AvgIpc) is 2.77. The van der Waals surface area contributed by atoms with Crippen molar-refractivity contribution in [3.8, 4) is 0 Å². The summed E-state index contributed by atoms with van der Waals surface area (Å²) in [6, 6.07) is 2.56. The lowest BCUT2D eigenvalue weighted by molar-refractivity contribution is 0.193. The first-order chi connectivity index (χ1) is 8.89. The highest BCUT2D eigenvalue weighted by Gasteiger charge is 2.33. The molecule has 1 aromatic rings. The van der Waals surface area contributed by atoms with Gasteiger partial charge in [0.2, 0.25) is 0 Å². The van der Waals surface area contributed by atoms with Crippen molar-refractivity contribution in [1.29, 1.82) is 0 Å². The summed E-state index contributed by atoms with van der Waals surface area (Å²) in [7, 11) is 0. The lowest BCUT2D eigenvalue weighted by atomic mass is 9.71. The molecule has 0 atom stereocenters. The van der Waals surface area contributed by atoms with E-state index in [9.17, 15) is 0 Å². The Morgan fingerprint density at radius 3 is 2.42 bits per heavy atom. The van der Waals surface area contributed by atoms with Crippen LogP contribution >= 0.6 is 0 Å². The van der Waals surface area contributed by atoms with Crippen LogP contribution in [-0.2, 0) is 6.42 Å². The molecule has 0 bridgehead atoms. The van der Waals surface area contributed by atoms with Gasteiger partial charge in [-0.05, 0) is 57.4 Å². The van der Waals surface area contributed by atoms with Gasteiger partial charge in [0.1, 0.15) is 0 Å². The van der Waals surface area contributed by atoms with Crippen molar-refractivity contribution in [2.75, 3.05) is 0 Å². The fourth-order valence-corrected chi connectivity index (χ4v) is 3.18. The van der Waals surface area contributed by atoms with Gasteiger partial charge in [-0.2, -0.15) is 5.10 Å². The molecule has 2 rings (SSSR count). The molecule has 0 unspecified atom stereocenters. The molecule has 0 spiro atoms. The minimum absolute atomic E-state index is 0.0262. The molecule has 1 fully saturated rings. The third-order valence-electron chi connectivity index (χ3n) is 4.69. The van der Waals surface area contributed by atoms with Crippen LogP contribution in [0.1, 0.15) is 65.1 Å². The van der Waals surface area contributed by atoms with E-state index < -0.39 is 0 Å². The smallest absolute Gasteiger partial charge is 0.0643 e. The predicted molar refractivity (Wildman–Crippen MR) is 80.0 cm³/mol. The number of hydrogen-bond acceptors (Lipinski definition) is 2. The Labute approximate surface area is 117 Å². The molecule has 1 heterocycles. The van der Waals surface area contributed by atoms with Crippen LogP contribution in [-0.4, -0.2) is 15.3 Å². The van der Waals surface area contributed by atoms with Crippen LogP contribution < -0.4 is 5.73 Å². The fraction of sp³-hybridized carbons (Fsp3) is 0.812. The molecule has 0 saturated heterocycles. The summed E-state index contributed by atoms with van der Waals surface area (Å²) < 4.78 is 2.03. The van der Waals surface area contributed by atoms with Gasteiger partial charge >= 0.3 is 0 Å². The molecule has 19 heavy (non-hydrogen) atoms. The molecular formula is C16H29N3. The van der Waals surface area contributed by atoms with E-state index in [1.54, 1.807) is 0 Å². The van der Waals surface area contributed by atoms with Crippen molar-refractivity contribution < 1.29 is 0 Å². The summed E-state index contributed by atoms with van der Waals surface area (Å²) in [5.41, 5.74) is 7.72. The van der Waals surface area contributed by atoms with Crippen LogP contribution in [0.3, 0.4) is 0 Å². The SMILES string of the molecule is CC(C)C1CCC(N)(Cc2ccn(C(C)C)n2)CC1. The predicted octanol–water partition coefficient (Wildman–Crippen LogP) is 3.55. The molecule has 0 aliphatic heterocycles. The molecule has 1 saturated carbocycles. The van der Waals surface area contributed by atoms with Gasteiger partial charge < -0.3 is 5.73 Å². The van der Waals surface area contributed by atoms with E-state index in [0.717, 1.165) is 36.8 Å². The standard InChI is InChI=1S/C16H29N3/c1-12(2)14-5-8-16(17,9-6-14)11-15-7-10-19(18-15)13(3)4/h7,10,12-14H,5-6,8-9,11,17H2,1-4H3. The quantitative estimate of drug-likeness (QED) is 0.902. The summed E-state index contributed by atoms with van der Waals surface area (Å²) in [5, 5.41) is 4.64. The van der Waals surface area contributed by atoms with Crippen LogP contribution in [0.15, 0.2) is 12.3 Å². The first-order valence-electron chi connectivity index (χ1n) is 7.72. The summed E-state index contributed by atoms with van der Waals surface area (Å²) in [4.78, 5) is 0. The van der Waals surface area contributed by atoms with Gasteiger partial charge in [-0.3, -0.25) is 4.68 Å². The van der Waals surface area contributed by atoms with Gasteiger partial charge in [-0.15, -0.1) is 0 Å². The molecule has 1 aromatic heterocycles. The van der Waals surface area contributed by atoms with Crippen LogP contribution in [0.4, 0.5) is 0 Å². The lowest BCUT2D eigenvalue weighted by Crippen LogP contribution is -2.46. The first-order valence-corrected chi connectivity index (χ1v) is 7.72. The highest BCUT2D eigenvalue weighted by molar-refractivity contribution is 5.07. The summed E-state index contributed by atoms with van der Waals surface area (Å²) in [6.07, 6.45) is 7.84. The maximum absolute atomic E-state index is 6.59.